The third-order valence-electron chi connectivity index (χ3n) is 1.41. The van der Waals surface area contributed by atoms with Crippen LogP contribution < -0.4 is 0 Å². The average Bonchev–Trinajstić information content (AvgIpc) is 1.81. The van der Waals surface area contributed by atoms with Gasteiger partial charge >= 0.3 is 24.8 Å². The van der Waals surface area contributed by atoms with Crippen LogP contribution in [0.25, 0.3) is 0 Å². The van der Waals surface area contributed by atoms with Gasteiger partial charge in [-0.2, -0.15) is 26.3 Å². The summed E-state index contributed by atoms with van der Waals surface area (Å²) >= 11 is 0. The Morgan fingerprint density at radius 1 is 0.769 bits per heavy atom. The number of hydrogen-bond acceptors (Lipinski definition) is 0. The van der Waals surface area contributed by atoms with Crippen molar-refractivity contribution >= 4 is 6.71 Å². The molecule has 0 atom stereocenters. The van der Waals surface area contributed by atoms with Crippen molar-refractivity contribution in [2.75, 3.05) is 0 Å². The summed E-state index contributed by atoms with van der Waals surface area (Å²) in [6.07, 6.45) is -11.7. The molecule has 9 heteroatoms. The van der Waals surface area contributed by atoms with E-state index in [-0.39, 0.29) is 6.82 Å². The lowest BCUT2D eigenvalue weighted by Crippen LogP contribution is -2.55. The van der Waals surface area contributed by atoms with Crippen molar-refractivity contribution in [1.29, 1.82) is 0 Å². The van der Waals surface area contributed by atoms with E-state index < -0.39 is 24.8 Å². The predicted octanol–water partition coefficient (Wildman–Crippen LogP) is 2.95. The smallest absolute Gasteiger partial charge is 0.207 e. The first-order valence-corrected chi connectivity index (χ1v) is 2.92. The van der Waals surface area contributed by atoms with Gasteiger partial charge in [-0.3, -0.25) is 0 Å². The summed E-state index contributed by atoms with van der Waals surface area (Å²) in [4.78, 5) is 0. The van der Waals surface area contributed by atoms with E-state index in [2.05, 4.69) is 0 Å². The van der Waals surface area contributed by atoms with Crippen molar-refractivity contribution in [3.05, 3.63) is 0 Å². The maximum absolute atomic E-state index is 12.0. The molecule has 0 fully saturated rings. The average molecular weight is 214 g/mol. The molecule has 0 radical (unpaired) electrons. The molecule has 0 rings (SSSR count). The molecule has 0 saturated carbocycles. The van der Waals surface area contributed by atoms with Crippen LogP contribution in [-0.2, 0) is 0 Å². The van der Waals surface area contributed by atoms with Crippen LogP contribution in [0.5, 0.6) is 0 Å². The summed E-state index contributed by atoms with van der Waals surface area (Å²) in [6.45, 7) is -3.95. The highest BCUT2D eigenvalue weighted by Crippen LogP contribution is 2.42. The van der Waals surface area contributed by atoms with E-state index in [9.17, 15) is 35.1 Å². The fraction of sp³-hybridized carbons (Fsp3) is 1.00. The van der Waals surface area contributed by atoms with Crippen molar-refractivity contribution in [1.82, 2.24) is 0 Å². The highest BCUT2D eigenvalue weighted by atomic mass is 19.4. The summed E-state index contributed by atoms with van der Waals surface area (Å²) in [5.41, 5.74) is 0. The van der Waals surface area contributed by atoms with Gasteiger partial charge in [0.1, 0.15) is 0 Å². The molecule has 0 aliphatic rings. The van der Waals surface area contributed by atoms with Gasteiger partial charge in [-0.1, -0.05) is 6.82 Å². The van der Waals surface area contributed by atoms with Gasteiger partial charge < -0.3 is 0 Å². The number of hydrogen-bond donors (Lipinski definition) is 0. The van der Waals surface area contributed by atoms with Gasteiger partial charge in [0, 0.05) is 0 Å². The van der Waals surface area contributed by atoms with Crippen molar-refractivity contribution < 1.29 is 35.1 Å². The maximum atomic E-state index is 12.0. The maximum Gasteiger partial charge on any atom is 0.444 e. The van der Waals surface area contributed by atoms with Crippen LogP contribution in [-0.4, -0.2) is 24.8 Å². The monoisotopic (exact) mass is 214 g/mol. The molecule has 0 bridgehead atoms. The van der Waals surface area contributed by atoms with Gasteiger partial charge in [-0.05, 0) is 0 Å². The van der Waals surface area contributed by atoms with Gasteiger partial charge in [-0.15, -0.1) is 0 Å². The molecule has 0 aromatic carbocycles. The molecule has 0 aromatic rings. The molecule has 78 valence electrons. The Morgan fingerprint density at radius 2 is 1.08 bits per heavy atom. The molecule has 0 aliphatic heterocycles. The molecule has 0 amide bonds. The van der Waals surface area contributed by atoms with E-state index in [0.717, 1.165) is 0 Å². The third-order valence-corrected chi connectivity index (χ3v) is 1.41. The Hall–Kier alpha value is -0.495. The molecular weight excluding hydrogens is 211 g/mol. The molecule has 0 heterocycles. The molecule has 13 heavy (non-hydrogen) atoms. The van der Waals surface area contributed by atoms with E-state index in [1.165, 1.54) is 0 Å². The largest absolute Gasteiger partial charge is 0.444 e. The Balaban J connectivity index is 4.86. The number of halogens is 8. The number of rotatable bonds is 1. The van der Waals surface area contributed by atoms with E-state index >= 15 is 0 Å². The highest BCUT2D eigenvalue weighted by molar-refractivity contribution is 6.62. The quantitative estimate of drug-likeness (QED) is 0.464. The van der Waals surface area contributed by atoms with E-state index in [1.807, 2.05) is 0 Å². The van der Waals surface area contributed by atoms with E-state index in [4.69, 9.17) is 0 Å². The zero-order valence-electron chi connectivity index (χ0n) is 6.10. The molecule has 0 aliphatic carbocycles. The minimum absolute atomic E-state index is 0.215. The highest BCUT2D eigenvalue weighted by Gasteiger charge is 2.70. The van der Waals surface area contributed by atoms with Crippen molar-refractivity contribution in [3.8, 4) is 0 Å². The van der Waals surface area contributed by atoms with Crippen LogP contribution >= 0.6 is 0 Å². The second-order valence-electron chi connectivity index (χ2n) is 2.38. The van der Waals surface area contributed by atoms with Crippen molar-refractivity contribution in [2.45, 2.75) is 24.9 Å². The number of alkyl halides is 8. The first-order valence-electron chi connectivity index (χ1n) is 2.92. The van der Waals surface area contributed by atoms with Gasteiger partial charge in [-0.25, -0.2) is 8.78 Å². The summed E-state index contributed by atoms with van der Waals surface area (Å²) in [7, 11) is 0. The summed E-state index contributed by atoms with van der Waals surface area (Å²) in [5, 5.41) is 0. The van der Waals surface area contributed by atoms with E-state index in [0.29, 0.717) is 0 Å². The molecule has 0 aromatic heterocycles. The molecule has 0 spiro atoms. The van der Waals surface area contributed by atoms with E-state index in [1.54, 1.807) is 0 Å². The third kappa shape index (κ3) is 2.47. The lowest BCUT2D eigenvalue weighted by atomic mass is 9.45. The molecule has 0 unspecified atom stereocenters. The van der Waals surface area contributed by atoms with Crippen molar-refractivity contribution in [3.63, 3.8) is 0 Å². The Bertz CT molecular complexity index is 178. The Morgan fingerprint density at radius 3 is 1.15 bits per heavy atom. The molecule has 0 nitrogen and oxygen atoms in total. The van der Waals surface area contributed by atoms with Gasteiger partial charge in [0.15, 0.2) is 0 Å². The standard InChI is InChI=1S/C4H3BF8/c1-5(4(11,12)13)2(6,7)3(8,9)10/h1H3. The zero-order chi connectivity index (χ0) is 11.1. The van der Waals surface area contributed by atoms with Crippen LogP contribution in [0.1, 0.15) is 0 Å². The SMILES string of the molecule is CB(C(F)(F)F)C(F)(F)C(F)(F)F. The molecule has 0 N–H and O–H groups in total. The fourth-order valence-corrected chi connectivity index (χ4v) is 0.451. The Labute approximate surface area is 68.0 Å². The topological polar surface area (TPSA) is 0 Å². The van der Waals surface area contributed by atoms with Crippen LogP contribution in [0.15, 0.2) is 0 Å². The van der Waals surface area contributed by atoms with Gasteiger partial charge in [0.2, 0.25) is 0 Å². The van der Waals surface area contributed by atoms with Crippen LogP contribution in [0.3, 0.4) is 0 Å². The lowest BCUT2D eigenvalue weighted by molar-refractivity contribution is -0.251. The summed E-state index contributed by atoms with van der Waals surface area (Å²) < 4.78 is 92.5. The zero-order valence-corrected chi connectivity index (χ0v) is 6.10. The van der Waals surface area contributed by atoms with Crippen LogP contribution in [0.2, 0.25) is 6.82 Å². The van der Waals surface area contributed by atoms with Crippen LogP contribution in [0.4, 0.5) is 35.1 Å². The van der Waals surface area contributed by atoms with Gasteiger partial charge in [0.25, 0.3) is 0 Å². The second-order valence-corrected chi connectivity index (χ2v) is 2.38. The Kier molecular flexibility index (Phi) is 2.90. The lowest BCUT2D eigenvalue weighted by Gasteiger charge is -2.24. The van der Waals surface area contributed by atoms with Gasteiger partial charge in [0.05, 0.1) is 0 Å². The first-order chi connectivity index (χ1) is 5.40. The summed E-state index contributed by atoms with van der Waals surface area (Å²) in [6, 6.07) is 0. The molecular formula is C4H3BF8. The van der Waals surface area contributed by atoms with Crippen molar-refractivity contribution in [2.24, 2.45) is 0 Å². The van der Waals surface area contributed by atoms with Crippen LogP contribution in [0, 0.1) is 0 Å². The normalized spacial score (nSPS) is 14.5. The second kappa shape index (κ2) is 3.02. The minimum atomic E-state index is -6.18. The molecule has 0 saturated heterocycles. The predicted molar refractivity (Wildman–Crippen MR) is 28.7 cm³/mol. The fourth-order valence-electron chi connectivity index (χ4n) is 0.451. The minimum Gasteiger partial charge on any atom is -0.207 e. The first kappa shape index (κ1) is 12.5. The summed E-state index contributed by atoms with van der Waals surface area (Å²) in [5.74, 6) is -5.74.